The largest absolute Gasteiger partial charge is 0.461 e. The fraction of sp³-hybridized carbons (Fsp3) is 0.471. The lowest BCUT2D eigenvalue weighted by Crippen LogP contribution is -2.09. The highest BCUT2D eigenvalue weighted by Gasteiger charge is 2.20. The molecule has 5 nitrogen and oxygen atoms in total. The van der Waals surface area contributed by atoms with E-state index >= 15 is 0 Å². The van der Waals surface area contributed by atoms with E-state index in [0.717, 1.165) is 30.7 Å². The van der Waals surface area contributed by atoms with Gasteiger partial charge >= 0.3 is 5.97 Å². The maximum Gasteiger partial charge on any atom is 0.358 e. The second-order valence-electron chi connectivity index (χ2n) is 5.60. The van der Waals surface area contributed by atoms with Crippen molar-refractivity contribution in [2.24, 2.45) is 10.9 Å². The zero-order valence-electron chi connectivity index (χ0n) is 13.4. The molecule has 1 N–H and O–H groups in total. The lowest BCUT2D eigenvalue weighted by Gasteiger charge is -2.04. The Balaban J connectivity index is 2.31. The monoisotopic (exact) mass is 301 g/mol. The molecule has 1 aliphatic rings. The van der Waals surface area contributed by atoms with Crippen LogP contribution < -0.4 is 0 Å². The smallest absolute Gasteiger partial charge is 0.358 e. The minimum atomic E-state index is -0.377. The molecular formula is C17H23N3O2. The van der Waals surface area contributed by atoms with Crippen molar-refractivity contribution >= 4 is 11.7 Å². The second kappa shape index (κ2) is 7.73. The van der Waals surface area contributed by atoms with Crippen molar-refractivity contribution < 1.29 is 9.53 Å². The molecule has 1 aliphatic heterocycles. The molecule has 0 aromatic carbocycles. The Labute approximate surface area is 131 Å². The molecule has 0 bridgehead atoms. The molecule has 0 amide bonds. The van der Waals surface area contributed by atoms with E-state index in [0.29, 0.717) is 24.0 Å². The third-order valence-corrected chi connectivity index (χ3v) is 3.33. The molecule has 0 saturated carbocycles. The van der Waals surface area contributed by atoms with Crippen LogP contribution in [0.1, 0.15) is 55.6 Å². The van der Waals surface area contributed by atoms with Gasteiger partial charge in [0.05, 0.1) is 12.3 Å². The molecule has 0 saturated heterocycles. The highest BCUT2D eigenvalue weighted by Crippen LogP contribution is 2.15. The topological polar surface area (TPSA) is 67.3 Å². The Morgan fingerprint density at radius 1 is 1.41 bits per heavy atom. The molecule has 22 heavy (non-hydrogen) atoms. The molecule has 0 unspecified atom stereocenters. The van der Waals surface area contributed by atoms with E-state index in [1.54, 1.807) is 13.1 Å². The molecular weight excluding hydrogens is 278 g/mol. The number of H-pyrrole nitrogens is 1. The number of nitrogens with zero attached hydrogens (tertiary/aromatic N) is 2. The van der Waals surface area contributed by atoms with Crippen LogP contribution in [0.15, 0.2) is 29.4 Å². The maximum absolute atomic E-state index is 12.1. The predicted molar refractivity (Wildman–Crippen MR) is 87.1 cm³/mol. The van der Waals surface area contributed by atoms with Crippen LogP contribution >= 0.6 is 0 Å². The van der Waals surface area contributed by atoms with Crippen molar-refractivity contribution in [3.63, 3.8) is 0 Å². The number of hydrogen-bond donors (Lipinski definition) is 1. The van der Waals surface area contributed by atoms with Gasteiger partial charge in [-0.2, -0.15) is 0 Å². The first-order valence-corrected chi connectivity index (χ1v) is 7.77. The first kappa shape index (κ1) is 16.2. The average Bonchev–Trinajstić information content (AvgIpc) is 2.72. The highest BCUT2D eigenvalue weighted by molar-refractivity contribution is 6.07. The van der Waals surface area contributed by atoms with E-state index in [1.165, 1.54) is 0 Å². The number of rotatable bonds is 6. The number of aliphatic imine (C=N–C) groups is 1. The molecule has 0 radical (unpaired) electrons. The number of aromatic amines is 1. The third kappa shape index (κ3) is 4.16. The molecule has 0 aliphatic carbocycles. The van der Waals surface area contributed by atoms with E-state index in [4.69, 9.17) is 4.74 Å². The van der Waals surface area contributed by atoms with E-state index in [1.807, 2.05) is 18.2 Å². The van der Waals surface area contributed by atoms with Crippen LogP contribution in [0.25, 0.3) is 0 Å². The summed E-state index contributed by atoms with van der Waals surface area (Å²) in [7, 11) is 0. The van der Waals surface area contributed by atoms with Gasteiger partial charge in [-0.1, -0.05) is 26.0 Å². The second-order valence-corrected chi connectivity index (χ2v) is 5.60. The number of esters is 1. The van der Waals surface area contributed by atoms with Crippen LogP contribution in [0, 0.1) is 5.92 Å². The van der Waals surface area contributed by atoms with Crippen LogP contribution in [-0.4, -0.2) is 28.3 Å². The molecule has 1 aromatic rings. The van der Waals surface area contributed by atoms with Crippen molar-refractivity contribution in [2.45, 2.75) is 40.0 Å². The van der Waals surface area contributed by atoms with Gasteiger partial charge in [0, 0.05) is 6.20 Å². The molecule has 1 aromatic heterocycles. The number of carbonyl (C=O) groups is 1. The number of nitrogens with one attached hydrogen (secondary N) is 1. The number of allylic oxidation sites excluding steroid dienone is 3. The van der Waals surface area contributed by atoms with Gasteiger partial charge in [0.1, 0.15) is 5.71 Å². The van der Waals surface area contributed by atoms with Gasteiger partial charge in [0.25, 0.3) is 0 Å². The zero-order chi connectivity index (χ0) is 15.9. The van der Waals surface area contributed by atoms with Crippen molar-refractivity contribution in [3.8, 4) is 0 Å². The molecule has 0 atom stereocenters. The summed E-state index contributed by atoms with van der Waals surface area (Å²) in [6, 6.07) is 0. The van der Waals surface area contributed by atoms with E-state index < -0.39 is 0 Å². The standard InChI is InChI=1S/C17H23N3O2/c1-4-22-17(21)15-13(10-9-12(2)3)19-16(20-15)14-8-6-5-7-11-18-14/h6-8,11-12H,4-5,9-10H2,1-3H3,(H,19,20). The minimum absolute atomic E-state index is 0.342. The average molecular weight is 301 g/mol. The normalized spacial score (nSPS) is 14.1. The summed E-state index contributed by atoms with van der Waals surface area (Å²) >= 11 is 0. The van der Waals surface area contributed by atoms with Crippen LogP contribution in [-0.2, 0) is 11.2 Å². The SMILES string of the molecule is CCOC(=O)c1nc(C2=NC=CCC=C2)[nH]c1CCC(C)C. The first-order valence-electron chi connectivity index (χ1n) is 7.77. The Morgan fingerprint density at radius 2 is 2.23 bits per heavy atom. The summed E-state index contributed by atoms with van der Waals surface area (Å²) in [5.74, 6) is 0.793. The summed E-state index contributed by atoms with van der Waals surface area (Å²) < 4.78 is 5.11. The van der Waals surface area contributed by atoms with E-state index in [2.05, 4.69) is 28.8 Å². The van der Waals surface area contributed by atoms with Crippen molar-refractivity contribution in [3.05, 3.63) is 41.6 Å². The fourth-order valence-corrected chi connectivity index (χ4v) is 2.15. The van der Waals surface area contributed by atoms with Crippen molar-refractivity contribution in [1.29, 1.82) is 0 Å². The summed E-state index contributed by atoms with van der Waals surface area (Å²) in [5.41, 5.74) is 1.93. The molecule has 118 valence electrons. The lowest BCUT2D eigenvalue weighted by atomic mass is 10.1. The zero-order valence-corrected chi connectivity index (χ0v) is 13.4. The quantitative estimate of drug-likeness (QED) is 0.818. The Bertz CT molecular complexity index is 609. The number of aromatic nitrogens is 2. The Kier molecular flexibility index (Phi) is 5.69. The van der Waals surface area contributed by atoms with Gasteiger partial charge in [0.2, 0.25) is 0 Å². The van der Waals surface area contributed by atoms with Crippen molar-refractivity contribution in [1.82, 2.24) is 9.97 Å². The molecule has 5 heteroatoms. The number of imidazole rings is 1. The van der Waals surface area contributed by atoms with Gasteiger partial charge in [-0.25, -0.2) is 9.78 Å². The first-order chi connectivity index (χ1) is 10.6. The molecule has 2 heterocycles. The van der Waals surface area contributed by atoms with Gasteiger partial charge < -0.3 is 9.72 Å². The summed E-state index contributed by atoms with van der Waals surface area (Å²) in [6.07, 6.45) is 10.3. The lowest BCUT2D eigenvalue weighted by molar-refractivity contribution is 0.0518. The molecule has 0 fully saturated rings. The summed E-state index contributed by atoms with van der Waals surface area (Å²) in [5, 5.41) is 0. The number of hydrogen-bond acceptors (Lipinski definition) is 4. The number of carbonyl (C=O) groups excluding carboxylic acids is 1. The molecule has 0 spiro atoms. The highest BCUT2D eigenvalue weighted by atomic mass is 16.5. The van der Waals surface area contributed by atoms with Crippen LogP contribution in [0.3, 0.4) is 0 Å². The third-order valence-electron chi connectivity index (χ3n) is 3.33. The summed E-state index contributed by atoms with van der Waals surface area (Å²) in [6.45, 7) is 6.45. The van der Waals surface area contributed by atoms with Crippen LogP contribution in [0.4, 0.5) is 0 Å². The van der Waals surface area contributed by atoms with Gasteiger partial charge in [-0.05, 0) is 38.2 Å². The van der Waals surface area contributed by atoms with Crippen LogP contribution in [0.2, 0.25) is 0 Å². The number of ether oxygens (including phenoxy) is 1. The number of aryl methyl sites for hydroxylation is 1. The van der Waals surface area contributed by atoms with Gasteiger partial charge in [0.15, 0.2) is 11.5 Å². The fourth-order valence-electron chi connectivity index (χ4n) is 2.15. The van der Waals surface area contributed by atoms with Gasteiger partial charge in [-0.3, -0.25) is 4.99 Å². The van der Waals surface area contributed by atoms with E-state index in [-0.39, 0.29) is 5.97 Å². The Hall–Kier alpha value is -2.17. The summed E-state index contributed by atoms with van der Waals surface area (Å²) in [4.78, 5) is 24.1. The van der Waals surface area contributed by atoms with Crippen molar-refractivity contribution in [2.75, 3.05) is 6.61 Å². The maximum atomic E-state index is 12.1. The molecule has 2 rings (SSSR count). The predicted octanol–water partition coefficient (Wildman–Crippen LogP) is 3.44. The van der Waals surface area contributed by atoms with E-state index in [9.17, 15) is 4.79 Å². The van der Waals surface area contributed by atoms with Crippen LogP contribution in [0.5, 0.6) is 0 Å². The Morgan fingerprint density at radius 3 is 2.95 bits per heavy atom. The van der Waals surface area contributed by atoms with Gasteiger partial charge in [-0.15, -0.1) is 0 Å². The minimum Gasteiger partial charge on any atom is -0.461 e.